The van der Waals surface area contributed by atoms with Crippen molar-refractivity contribution in [1.29, 1.82) is 0 Å². The molecule has 0 fully saturated rings. The van der Waals surface area contributed by atoms with Crippen LogP contribution in [-0.2, 0) is 6.42 Å². The summed E-state index contributed by atoms with van der Waals surface area (Å²) in [4.78, 5) is 21.0. The number of ketones is 1. The number of carbonyl (C=O) groups is 1. The van der Waals surface area contributed by atoms with Crippen molar-refractivity contribution >= 4 is 40.0 Å². The molecule has 1 aromatic heterocycles. The molecule has 3 nitrogen and oxygen atoms in total. The van der Waals surface area contributed by atoms with Gasteiger partial charge in [0.25, 0.3) is 0 Å². The summed E-state index contributed by atoms with van der Waals surface area (Å²) in [5, 5.41) is 0.860. The molecule has 0 atom stereocenters. The maximum atomic E-state index is 12.5. The van der Waals surface area contributed by atoms with Crippen molar-refractivity contribution in [3.63, 3.8) is 0 Å². The number of fused-ring (bicyclic) bond motifs is 1. The molecule has 0 aliphatic carbocycles. The second kappa shape index (κ2) is 5.80. The summed E-state index contributed by atoms with van der Waals surface area (Å²) in [6.07, 6.45) is 3.35. The van der Waals surface area contributed by atoms with E-state index in [1.165, 1.54) is 0 Å². The molecule has 0 amide bonds. The molecule has 0 saturated heterocycles. The largest absolute Gasteiger partial charge is 0.294 e. The quantitative estimate of drug-likeness (QED) is 0.674. The number of aromatic nitrogens is 2. The number of carbonyl (C=O) groups excluding carboxylic acids is 1. The molecule has 3 aromatic rings. The van der Waals surface area contributed by atoms with Crippen molar-refractivity contribution < 1.29 is 4.79 Å². The van der Waals surface area contributed by atoms with E-state index in [0.29, 0.717) is 32.2 Å². The minimum atomic E-state index is -0.0646. The number of benzene rings is 2. The van der Waals surface area contributed by atoms with Crippen molar-refractivity contribution in [2.24, 2.45) is 0 Å². The van der Waals surface area contributed by atoms with Crippen LogP contribution in [0.2, 0.25) is 10.0 Å². The van der Waals surface area contributed by atoms with Gasteiger partial charge in [0, 0.05) is 24.4 Å². The summed E-state index contributed by atoms with van der Waals surface area (Å²) >= 11 is 12.1. The average molecular weight is 317 g/mol. The molecule has 0 unspecified atom stereocenters. The Morgan fingerprint density at radius 2 is 1.76 bits per heavy atom. The van der Waals surface area contributed by atoms with E-state index in [-0.39, 0.29) is 12.2 Å². The SMILES string of the molecule is O=C(Cc1cccc(Cl)c1Cl)c1cccc2nccnc12. The molecule has 0 saturated carbocycles. The van der Waals surface area contributed by atoms with Gasteiger partial charge in [-0.1, -0.05) is 41.4 Å². The normalized spacial score (nSPS) is 10.8. The lowest BCUT2D eigenvalue weighted by Gasteiger charge is -2.07. The Morgan fingerprint density at radius 3 is 2.62 bits per heavy atom. The monoisotopic (exact) mass is 316 g/mol. The number of nitrogens with zero attached hydrogens (tertiary/aromatic N) is 2. The molecule has 0 bridgehead atoms. The molecule has 0 aliphatic rings. The molecule has 2 aromatic carbocycles. The van der Waals surface area contributed by atoms with Gasteiger partial charge in [0.05, 0.1) is 21.1 Å². The summed E-state index contributed by atoms with van der Waals surface area (Å²) in [6, 6.07) is 10.6. The van der Waals surface area contributed by atoms with Gasteiger partial charge in [-0.2, -0.15) is 0 Å². The lowest BCUT2D eigenvalue weighted by atomic mass is 10.0. The molecule has 0 aliphatic heterocycles. The third-order valence-corrected chi connectivity index (χ3v) is 4.04. The molecule has 0 radical (unpaired) electrons. The minimum Gasteiger partial charge on any atom is -0.294 e. The number of hydrogen-bond donors (Lipinski definition) is 0. The first-order valence-corrected chi connectivity index (χ1v) is 7.08. The van der Waals surface area contributed by atoms with E-state index in [0.717, 1.165) is 0 Å². The molecule has 1 heterocycles. The maximum Gasteiger partial charge on any atom is 0.169 e. The van der Waals surface area contributed by atoms with Crippen LogP contribution in [0, 0.1) is 0 Å². The smallest absolute Gasteiger partial charge is 0.169 e. The highest BCUT2D eigenvalue weighted by Gasteiger charge is 2.14. The van der Waals surface area contributed by atoms with Gasteiger partial charge < -0.3 is 0 Å². The molecule has 21 heavy (non-hydrogen) atoms. The summed E-state index contributed by atoms with van der Waals surface area (Å²) < 4.78 is 0. The van der Waals surface area contributed by atoms with Crippen LogP contribution in [0.15, 0.2) is 48.8 Å². The van der Waals surface area contributed by atoms with Gasteiger partial charge in [-0.15, -0.1) is 0 Å². The number of hydrogen-bond acceptors (Lipinski definition) is 3. The highest BCUT2D eigenvalue weighted by molar-refractivity contribution is 6.42. The zero-order valence-electron chi connectivity index (χ0n) is 10.9. The molecule has 0 N–H and O–H groups in total. The van der Waals surface area contributed by atoms with E-state index < -0.39 is 0 Å². The third kappa shape index (κ3) is 2.75. The van der Waals surface area contributed by atoms with Gasteiger partial charge in [0.2, 0.25) is 0 Å². The first-order valence-electron chi connectivity index (χ1n) is 6.32. The van der Waals surface area contributed by atoms with Crippen LogP contribution in [0.3, 0.4) is 0 Å². The molecule has 0 spiro atoms. The fourth-order valence-corrected chi connectivity index (χ4v) is 2.56. The van der Waals surface area contributed by atoms with Crippen molar-refractivity contribution in [2.45, 2.75) is 6.42 Å². The Kier molecular flexibility index (Phi) is 3.86. The lowest BCUT2D eigenvalue weighted by molar-refractivity contribution is 0.0994. The van der Waals surface area contributed by atoms with Crippen LogP contribution in [0.4, 0.5) is 0 Å². The first kappa shape index (κ1) is 14.0. The van der Waals surface area contributed by atoms with E-state index in [1.54, 1.807) is 42.7 Å². The van der Waals surface area contributed by atoms with Gasteiger partial charge in [-0.3, -0.25) is 14.8 Å². The highest BCUT2D eigenvalue weighted by atomic mass is 35.5. The van der Waals surface area contributed by atoms with Gasteiger partial charge in [0.1, 0.15) is 0 Å². The Bertz CT molecular complexity index is 828. The zero-order chi connectivity index (χ0) is 14.8. The van der Waals surface area contributed by atoms with Crippen molar-refractivity contribution in [3.05, 3.63) is 70.0 Å². The van der Waals surface area contributed by atoms with Crippen LogP contribution < -0.4 is 0 Å². The number of halogens is 2. The van der Waals surface area contributed by atoms with Crippen LogP contribution in [0.5, 0.6) is 0 Å². The van der Waals surface area contributed by atoms with Gasteiger partial charge in [-0.05, 0) is 23.8 Å². The fraction of sp³-hybridized carbons (Fsp3) is 0.0625. The van der Waals surface area contributed by atoms with Crippen molar-refractivity contribution in [2.75, 3.05) is 0 Å². The number of para-hydroxylation sites is 1. The van der Waals surface area contributed by atoms with Crippen LogP contribution >= 0.6 is 23.2 Å². The van der Waals surface area contributed by atoms with E-state index >= 15 is 0 Å². The summed E-state index contributed by atoms with van der Waals surface area (Å²) in [5.41, 5.74) is 2.54. The second-order valence-corrected chi connectivity index (χ2v) is 5.33. The maximum absolute atomic E-state index is 12.5. The molecular weight excluding hydrogens is 307 g/mol. The van der Waals surface area contributed by atoms with Gasteiger partial charge >= 0.3 is 0 Å². The second-order valence-electron chi connectivity index (χ2n) is 4.54. The first-order chi connectivity index (χ1) is 10.2. The predicted octanol–water partition coefficient (Wildman–Crippen LogP) is 4.36. The van der Waals surface area contributed by atoms with Crippen molar-refractivity contribution in [3.8, 4) is 0 Å². The summed E-state index contributed by atoms with van der Waals surface area (Å²) in [7, 11) is 0. The van der Waals surface area contributed by atoms with Crippen LogP contribution in [0.1, 0.15) is 15.9 Å². The molecule has 5 heteroatoms. The van der Waals surface area contributed by atoms with E-state index in [4.69, 9.17) is 23.2 Å². The van der Waals surface area contributed by atoms with Crippen LogP contribution in [0.25, 0.3) is 11.0 Å². The average Bonchev–Trinajstić information content (AvgIpc) is 2.51. The number of Topliss-reactive ketones (excluding diaryl/α,β-unsaturated/α-hetero) is 1. The topological polar surface area (TPSA) is 42.9 Å². The number of rotatable bonds is 3. The highest BCUT2D eigenvalue weighted by Crippen LogP contribution is 2.27. The third-order valence-electron chi connectivity index (χ3n) is 3.18. The van der Waals surface area contributed by atoms with Crippen LogP contribution in [-0.4, -0.2) is 15.8 Å². The lowest BCUT2D eigenvalue weighted by Crippen LogP contribution is -2.06. The van der Waals surface area contributed by atoms with E-state index in [1.807, 2.05) is 6.07 Å². The molecule has 3 rings (SSSR count). The molecule has 104 valence electrons. The minimum absolute atomic E-state index is 0.0646. The summed E-state index contributed by atoms with van der Waals surface area (Å²) in [6.45, 7) is 0. The Hall–Kier alpha value is -1.97. The summed E-state index contributed by atoms with van der Waals surface area (Å²) in [5.74, 6) is -0.0646. The van der Waals surface area contributed by atoms with Gasteiger partial charge in [-0.25, -0.2) is 0 Å². The van der Waals surface area contributed by atoms with Gasteiger partial charge in [0.15, 0.2) is 5.78 Å². The Balaban J connectivity index is 2.00. The Morgan fingerprint density at radius 1 is 1.00 bits per heavy atom. The van der Waals surface area contributed by atoms with E-state index in [2.05, 4.69) is 9.97 Å². The Labute approximate surface area is 131 Å². The van der Waals surface area contributed by atoms with E-state index in [9.17, 15) is 4.79 Å². The standard InChI is InChI=1S/C16H10Cl2N2O/c17-12-5-1-3-10(15(12)18)9-14(21)11-4-2-6-13-16(11)20-8-7-19-13/h1-8H,9H2. The van der Waals surface area contributed by atoms with Crippen molar-refractivity contribution in [1.82, 2.24) is 9.97 Å². The molecular formula is C16H10Cl2N2O. The predicted molar refractivity (Wildman–Crippen MR) is 84.0 cm³/mol. The zero-order valence-corrected chi connectivity index (χ0v) is 12.4. The fourth-order valence-electron chi connectivity index (χ4n) is 2.17.